The summed E-state index contributed by atoms with van der Waals surface area (Å²) in [5, 5.41) is 0. The molecule has 1 aliphatic rings. The lowest BCUT2D eigenvalue weighted by Crippen LogP contribution is -2.48. The Morgan fingerprint density at radius 3 is 2.44 bits per heavy atom. The van der Waals surface area contributed by atoms with Crippen molar-refractivity contribution in [2.24, 2.45) is 5.73 Å². The third kappa shape index (κ3) is 3.73. The lowest BCUT2D eigenvalue weighted by Gasteiger charge is -2.31. The topological polar surface area (TPSA) is 92.5 Å². The molecule has 7 heteroatoms. The van der Waals surface area contributed by atoms with Crippen molar-refractivity contribution >= 4 is 15.9 Å². The summed E-state index contributed by atoms with van der Waals surface area (Å²) in [6.07, 6.45) is 1.32. The van der Waals surface area contributed by atoms with Gasteiger partial charge >= 0.3 is 0 Å². The quantitative estimate of drug-likeness (QED) is 0.660. The Bertz CT molecular complexity index is 334. The summed E-state index contributed by atoms with van der Waals surface area (Å²) >= 11 is 0. The fraction of sp³-hybridized carbons (Fsp3) is 0.889. The number of rotatable bonds is 4. The van der Waals surface area contributed by atoms with Crippen LogP contribution in [0, 0.1) is 0 Å². The van der Waals surface area contributed by atoms with Crippen LogP contribution in [0.25, 0.3) is 0 Å². The van der Waals surface area contributed by atoms with Gasteiger partial charge in [0.2, 0.25) is 15.9 Å². The van der Waals surface area contributed by atoms with Crippen molar-refractivity contribution in [3.05, 3.63) is 0 Å². The summed E-state index contributed by atoms with van der Waals surface area (Å²) in [6, 6.07) is -0.0493. The van der Waals surface area contributed by atoms with Crippen molar-refractivity contribution < 1.29 is 13.2 Å². The standard InChI is InChI=1S/C9H19N3O3S/c1-2-16(14,15)11-8-3-5-12(6-4-8)9(13)7-10/h8,11H,2-7,10H2,1H3. The van der Waals surface area contributed by atoms with Crippen LogP contribution in [0.5, 0.6) is 0 Å². The number of hydrogen-bond donors (Lipinski definition) is 2. The van der Waals surface area contributed by atoms with E-state index in [0.717, 1.165) is 0 Å². The molecule has 3 N–H and O–H groups in total. The molecule has 0 aliphatic carbocycles. The van der Waals surface area contributed by atoms with Crippen LogP contribution < -0.4 is 10.5 Å². The molecular formula is C9H19N3O3S. The Kier molecular flexibility index (Phi) is 4.69. The first-order valence-corrected chi connectivity index (χ1v) is 7.11. The second-order valence-corrected chi connectivity index (χ2v) is 5.92. The number of piperidine rings is 1. The van der Waals surface area contributed by atoms with Crippen LogP contribution in [0.3, 0.4) is 0 Å². The molecule has 0 aromatic heterocycles. The summed E-state index contributed by atoms with van der Waals surface area (Å²) in [6.45, 7) is 2.78. The number of sulfonamides is 1. The Morgan fingerprint density at radius 1 is 1.44 bits per heavy atom. The summed E-state index contributed by atoms with van der Waals surface area (Å²) < 4.78 is 25.3. The number of carbonyl (C=O) groups excluding carboxylic acids is 1. The van der Waals surface area contributed by atoms with Gasteiger partial charge in [0.05, 0.1) is 12.3 Å². The van der Waals surface area contributed by atoms with Crippen LogP contribution in [0.1, 0.15) is 19.8 Å². The number of hydrogen-bond acceptors (Lipinski definition) is 4. The highest BCUT2D eigenvalue weighted by Crippen LogP contribution is 2.11. The van der Waals surface area contributed by atoms with Crippen molar-refractivity contribution in [3.8, 4) is 0 Å². The molecule has 0 unspecified atom stereocenters. The van der Waals surface area contributed by atoms with Crippen molar-refractivity contribution in [1.82, 2.24) is 9.62 Å². The molecule has 0 aromatic carbocycles. The van der Waals surface area contributed by atoms with Crippen molar-refractivity contribution in [2.45, 2.75) is 25.8 Å². The Morgan fingerprint density at radius 2 is 2.00 bits per heavy atom. The van der Waals surface area contributed by atoms with E-state index in [9.17, 15) is 13.2 Å². The van der Waals surface area contributed by atoms with Crippen LogP contribution in [0.2, 0.25) is 0 Å². The molecule has 0 saturated carbocycles. The highest BCUT2D eigenvalue weighted by molar-refractivity contribution is 7.89. The average molecular weight is 249 g/mol. The normalized spacial score (nSPS) is 18.8. The average Bonchev–Trinajstić information content (AvgIpc) is 2.28. The van der Waals surface area contributed by atoms with Gasteiger partial charge in [0.15, 0.2) is 0 Å². The zero-order valence-corrected chi connectivity index (χ0v) is 10.3. The summed E-state index contributed by atoms with van der Waals surface area (Å²) in [5.74, 6) is 0.0198. The first-order valence-electron chi connectivity index (χ1n) is 5.46. The smallest absolute Gasteiger partial charge is 0.236 e. The van der Waals surface area contributed by atoms with E-state index >= 15 is 0 Å². The fourth-order valence-electron chi connectivity index (χ4n) is 1.71. The zero-order chi connectivity index (χ0) is 12.2. The van der Waals surface area contributed by atoms with Gasteiger partial charge in [0, 0.05) is 19.1 Å². The fourth-order valence-corrected chi connectivity index (χ4v) is 2.62. The minimum atomic E-state index is -3.14. The van der Waals surface area contributed by atoms with Crippen molar-refractivity contribution in [3.63, 3.8) is 0 Å². The molecule has 1 amide bonds. The van der Waals surface area contributed by atoms with Gasteiger partial charge in [0.1, 0.15) is 0 Å². The molecule has 94 valence electrons. The molecular weight excluding hydrogens is 230 g/mol. The van der Waals surface area contributed by atoms with Gasteiger partial charge in [-0.1, -0.05) is 0 Å². The number of likely N-dealkylation sites (tertiary alicyclic amines) is 1. The first-order chi connectivity index (χ1) is 7.48. The van der Waals surface area contributed by atoms with Gasteiger partial charge in [-0.25, -0.2) is 13.1 Å². The number of nitrogens with zero attached hydrogens (tertiary/aromatic N) is 1. The maximum atomic E-state index is 11.3. The maximum Gasteiger partial charge on any atom is 0.236 e. The van der Waals surface area contributed by atoms with Crippen molar-refractivity contribution in [2.75, 3.05) is 25.4 Å². The summed E-state index contributed by atoms with van der Waals surface area (Å²) in [7, 11) is -3.14. The molecule has 16 heavy (non-hydrogen) atoms. The third-order valence-corrected chi connectivity index (χ3v) is 4.20. The first kappa shape index (κ1) is 13.4. The number of nitrogens with one attached hydrogen (secondary N) is 1. The van der Waals surface area contributed by atoms with Gasteiger partial charge in [-0.2, -0.15) is 0 Å². The van der Waals surface area contributed by atoms with E-state index in [2.05, 4.69) is 4.72 Å². The highest BCUT2D eigenvalue weighted by Gasteiger charge is 2.24. The van der Waals surface area contributed by atoms with Crippen LogP contribution >= 0.6 is 0 Å². The van der Waals surface area contributed by atoms with Crippen molar-refractivity contribution in [1.29, 1.82) is 0 Å². The molecule has 1 fully saturated rings. The second kappa shape index (κ2) is 5.60. The van der Waals surface area contributed by atoms with E-state index in [1.165, 1.54) is 0 Å². The molecule has 1 aliphatic heterocycles. The number of carbonyl (C=O) groups is 1. The second-order valence-electron chi connectivity index (χ2n) is 3.88. The van der Waals surface area contributed by atoms with Gasteiger partial charge < -0.3 is 10.6 Å². The molecule has 1 rings (SSSR count). The monoisotopic (exact) mass is 249 g/mol. The Hall–Kier alpha value is -0.660. The van der Waals surface area contributed by atoms with E-state index in [1.807, 2.05) is 0 Å². The molecule has 0 radical (unpaired) electrons. The lowest BCUT2D eigenvalue weighted by molar-refractivity contribution is -0.130. The van der Waals surface area contributed by atoms with Gasteiger partial charge in [0.25, 0.3) is 0 Å². The Labute approximate surface area is 96.2 Å². The largest absolute Gasteiger partial charge is 0.341 e. The lowest BCUT2D eigenvalue weighted by atomic mass is 10.1. The van der Waals surface area contributed by atoms with Crippen LogP contribution in [0.15, 0.2) is 0 Å². The predicted molar refractivity (Wildman–Crippen MR) is 61.3 cm³/mol. The molecule has 1 heterocycles. The van der Waals surface area contributed by atoms with Gasteiger partial charge in [-0.05, 0) is 19.8 Å². The van der Waals surface area contributed by atoms with Crippen LogP contribution in [-0.4, -0.2) is 50.7 Å². The molecule has 1 saturated heterocycles. The van der Waals surface area contributed by atoms with E-state index < -0.39 is 10.0 Å². The van der Waals surface area contributed by atoms with E-state index in [0.29, 0.717) is 25.9 Å². The molecule has 0 aromatic rings. The van der Waals surface area contributed by atoms with E-state index in [-0.39, 0.29) is 24.2 Å². The maximum absolute atomic E-state index is 11.3. The summed E-state index contributed by atoms with van der Waals surface area (Å²) in [4.78, 5) is 13.0. The van der Waals surface area contributed by atoms with E-state index in [4.69, 9.17) is 5.73 Å². The molecule has 0 bridgehead atoms. The molecule has 0 atom stereocenters. The number of amides is 1. The molecule has 6 nitrogen and oxygen atoms in total. The minimum absolute atomic E-state index is 0.0192. The Balaban J connectivity index is 2.41. The van der Waals surface area contributed by atoms with Crippen LogP contribution in [-0.2, 0) is 14.8 Å². The minimum Gasteiger partial charge on any atom is -0.341 e. The highest BCUT2D eigenvalue weighted by atomic mass is 32.2. The molecule has 0 spiro atoms. The number of nitrogens with two attached hydrogens (primary N) is 1. The van der Waals surface area contributed by atoms with Gasteiger partial charge in [-0.15, -0.1) is 0 Å². The van der Waals surface area contributed by atoms with Crippen LogP contribution in [0.4, 0.5) is 0 Å². The van der Waals surface area contributed by atoms with Gasteiger partial charge in [-0.3, -0.25) is 4.79 Å². The van der Waals surface area contributed by atoms with E-state index in [1.54, 1.807) is 11.8 Å². The predicted octanol–water partition coefficient (Wildman–Crippen LogP) is -1.12. The summed E-state index contributed by atoms with van der Waals surface area (Å²) in [5.41, 5.74) is 5.26. The SMILES string of the molecule is CCS(=O)(=O)NC1CCN(C(=O)CN)CC1. The zero-order valence-electron chi connectivity index (χ0n) is 9.48. The third-order valence-electron chi connectivity index (χ3n) is 2.75.